The van der Waals surface area contributed by atoms with E-state index in [1.54, 1.807) is 6.07 Å². The fourth-order valence-electron chi connectivity index (χ4n) is 1.51. The first-order valence-electron chi connectivity index (χ1n) is 5.21. The molecule has 0 bridgehead atoms. The molecule has 0 aliphatic rings. The van der Waals surface area contributed by atoms with Crippen molar-refractivity contribution in [3.63, 3.8) is 0 Å². The van der Waals surface area contributed by atoms with Crippen LogP contribution < -0.4 is 4.90 Å². The molecule has 0 aromatic carbocycles. The molecule has 0 aliphatic carbocycles. The molecule has 2 rings (SSSR count). The van der Waals surface area contributed by atoms with E-state index >= 15 is 0 Å². The molecule has 2 aromatic heterocycles. The minimum absolute atomic E-state index is 0.232. The average Bonchev–Trinajstić information content (AvgIpc) is 2.75. The molecule has 0 fully saturated rings. The number of anilines is 1. The SMILES string of the molecule is CN(Cc1ccc(Cl)s1)c1cc(C(=O)O)ccn1. The highest BCUT2D eigenvalue weighted by Gasteiger charge is 2.09. The second-order valence-electron chi connectivity index (χ2n) is 3.77. The Morgan fingerprint density at radius 2 is 2.28 bits per heavy atom. The molecule has 0 radical (unpaired) electrons. The Balaban J connectivity index is 2.15. The third kappa shape index (κ3) is 3.00. The minimum Gasteiger partial charge on any atom is -0.478 e. The molecule has 6 heteroatoms. The van der Waals surface area contributed by atoms with Gasteiger partial charge < -0.3 is 10.0 Å². The number of rotatable bonds is 4. The molecular formula is C12H11ClN2O2S. The van der Waals surface area contributed by atoms with Gasteiger partial charge in [0.2, 0.25) is 0 Å². The van der Waals surface area contributed by atoms with Gasteiger partial charge in [0.1, 0.15) is 5.82 Å². The van der Waals surface area contributed by atoms with Gasteiger partial charge in [0.15, 0.2) is 0 Å². The molecular weight excluding hydrogens is 272 g/mol. The average molecular weight is 283 g/mol. The van der Waals surface area contributed by atoms with E-state index in [2.05, 4.69) is 4.98 Å². The van der Waals surface area contributed by atoms with Crippen LogP contribution in [0, 0.1) is 0 Å². The number of halogens is 1. The van der Waals surface area contributed by atoms with E-state index in [4.69, 9.17) is 16.7 Å². The van der Waals surface area contributed by atoms with Crippen LogP contribution in [-0.2, 0) is 6.54 Å². The Labute approximate surface area is 113 Å². The highest BCUT2D eigenvalue weighted by molar-refractivity contribution is 7.16. The maximum absolute atomic E-state index is 10.9. The lowest BCUT2D eigenvalue weighted by molar-refractivity contribution is 0.0697. The predicted octanol–water partition coefficient (Wildman–Crippen LogP) is 3.13. The van der Waals surface area contributed by atoms with E-state index in [-0.39, 0.29) is 5.56 Å². The van der Waals surface area contributed by atoms with Crippen LogP contribution in [0.4, 0.5) is 5.82 Å². The number of carboxylic acid groups (broad SMARTS) is 1. The molecule has 1 N–H and O–H groups in total. The van der Waals surface area contributed by atoms with Crippen LogP contribution in [0.25, 0.3) is 0 Å². The number of nitrogens with zero attached hydrogens (tertiary/aromatic N) is 2. The zero-order chi connectivity index (χ0) is 13.1. The molecule has 0 amide bonds. The summed E-state index contributed by atoms with van der Waals surface area (Å²) >= 11 is 7.36. The van der Waals surface area contributed by atoms with Gasteiger partial charge >= 0.3 is 5.97 Å². The van der Waals surface area contributed by atoms with E-state index in [1.165, 1.54) is 23.6 Å². The lowest BCUT2D eigenvalue weighted by atomic mass is 10.2. The molecule has 2 heterocycles. The van der Waals surface area contributed by atoms with Gasteiger partial charge in [-0.15, -0.1) is 11.3 Å². The van der Waals surface area contributed by atoms with Gasteiger partial charge in [-0.2, -0.15) is 0 Å². The fraction of sp³-hybridized carbons (Fsp3) is 0.167. The molecule has 0 unspecified atom stereocenters. The molecule has 18 heavy (non-hydrogen) atoms. The second-order valence-corrected chi connectivity index (χ2v) is 5.57. The molecule has 94 valence electrons. The number of hydrogen-bond donors (Lipinski definition) is 1. The van der Waals surface area contributed by atoms with Crippen LogP contribution in [0.1, 0.15) is 15.2 Å². The highest BCUT2D eigenvalue weighted by Crippen LogP contribution is 2.23. The van der Waals surface area contributed by atoms with Crippen LogP contribution in [0.5, 0.6) is 0 Å². The van der Waals surface area contributed by atoms with Crippen LogP contribution >= 0.6 is 22.9 Å². The Morgan fingerprint density at radius 1 is 1.50 bits per heavy atom. The first kappa shape index (κ1) is 12.9. The number of aromatic carboxylic acids is 1. The number of hydrogen-bond acceptors (Lipinski definition) is 4. The van der Waals surface area contributed by atoms with Crippen LogP contribution in [0.15, 0.2) is 30.5 Å². The third-order valence-electron chi connectivity index (χ3n) is 2.41. The summed E-state index contributed by atoms with van der Waals surface area (Å²) in [6, 6.07) is 6.82. The molecule has 4 nitrogen and oxygen atoms in total. The second kappa shape index (κ2) is 5.37. The fourth-order valence-corrected chi connectivity index (χ4v) is 2.65. The van der Waals surface area contributed by atoms with Crippen LogP contribution in [0.2, 0.25) is 4.34 Å². The molecule has 0 aliphatic heterocycles. The number of aromatic nitrogens is 1. The Bertz CT molecular complexity index is 571. The highest BCUT2D eigenvalue weighted by atomic mass is 35.5. The molecule has 0 saturated heterocycles. The summed E-state index contributed by atoms with van der Waals surface area (Å²) in [6.07, 6.45) is 1.50. The number of carbonyl (C=O) groups is 1. The van der Waals surface area contributed by atoms with Crippen molar-refractivity contribution in [2.45, 2.75) is 6.54 Å². The summed E-state index contributed by atoms with van der Waals surface area (Å²) in [5, 5.41) is 8.92. The van der Waals surface area contributed by atoms with E-state index in [1.807, 2.05) is 24.1 Å². The van der Waals surface area contributed by atoms with Gasteiger partial charge in [0.05, 0.1) is 16.4 Å². The number of pyridine rings is 1. The summed E-state index contributed by atoms with van der Waals surface area (Å²) in [5.41, 5.74) is 0.232. The maximum Gasteiger partial charge on any atom is 0.335 e. The van der Waals surface area contributed by atoms with Crippen molar-refractivity contribution in [3.8, 4) is 0 Å². The topological polar surface area (TPSA) is 53.4 Å². The first-order valence-corrected chi connectivity index (χ1v) is 6.40. The van der Waals surface area contributed by atoms with Gasteiger partial charge in [0, 0.05) is 18.1 Å². The zero-order valence-electron chi connectivity index (χ0n) is 9.63. The lowest BCUT2D eigenvalue weighted by Gasteiger charge is -2.17. The van der Waals surface area contributed by atoms with Gasteiger partial charge in [0.25, 0.3) is 0 Å². The first-order chi connectivity index (χ1) is 8.56. The van der Waals surface area contributed by atoms with E-state index in [0.29, 0.717) is 12.4 Å². The normalized spacial score (nSPS) is 10.3. The molecule has 0 saturated carbocycles. The van der Waals surface area contributed by atoms with Gasteiger partial charge in [-0.05, 0) is 24.3 Å². The molecule has 2 aromatic rings. The quantitative estimate of drug-likeness (QED) is 0.936. The standard InChI is InChI=1S/C12H11ClN2O2S/c1-15(7-9-2-3-10(13)18-9)11-6-8(12(16)17)4-5-14-11/h2-6H,7H2,1H3,(H,16,17). The summed E-state index contributed by atoms with van der Waals surface area (Å²) in [5.74, 6) is -0.328. The minimum atomic E-state index is -0.953. The van der Waals surface area contributed by atoms with Crippen molar-refractivity contribution in [1.29, 1.82) is 0 Å². The van der Waals surface area contributed by atoms with Gasteiger partial charge in [-0.1, -0.05) is 11.6 Å². The third-order valence-corrected chi connectivity index (χ3v) is 3.62. The number of carboxylic acids is 1. The van der Waals surface area contributed by atoms with E-state index in [0.717, 1.165) is 9.21 Å². The largest absolute Gasteiger partial charge is 0.478 e. The van der Waals surface area contributed by atoms with E-state index < -0.39 is 5.97 Å². The van der Waals surface area contributed by atoms with Gasteiger partial charge in [-0.3, -0.25) is 0 Å². The maximum atomic E-state index is 10.9. The number of thiophene rings is 1. The zero-order valence-corrected chi connectivity index (χ0v) is 11.2. The van der Waals surface area contributed by atoms with Crippen LogP contribution in [0.3, 0.4) is 0 Å². The molecule has 0 atom stereocenters. The lowest BCUT2D eigenvalue weighted by Crippen LogP contribution is -2.17. The summed E-state index contributed by atoms with van der Waals surface area (Å²) in [7, 11) is 1.86. The van der Waals surface area contributed by atoms with Crippen molar-refractivity contribution in [3.05, 3.63) is 45.2 Å². The smallest absolute Gasteiger partial charge is 0.335 e. The van der Waals surface area contributed by atoms with Crippen molar-refractivity contribution in [2.24, 2.45) is 0 Å². The summed E-state index contributed by atoms with van der Waals surface area (Å²) in [6.45, 7) is 0.646. The van der Waals surface area contributed by atoms with Crippen molar-refractivity contribution < 1.29 is 9.90 Å². The van der Waals surface area contributed by atoms with E-state index in [9.17, 15) is 4.79 Å². The molecule has 0 spiro atoms. The van der Waals surface area contributed by atoms with Crippen molar-refractivity contribution in [2.75, 3.05) is 11.9 Å². The Kier molecular flexibility index (Phi) is 3.84. The van der Waals surface area contributed by atoms with Gasteiger partial charge in [-0.25, -0.2) is 9.78 Å². The van der Waals surface area contributed by atoms with Crippen LogP contribution in [-0.4, -0.2) is 23.1 Å². The monoisotopic (exact) mass is 282 g/mol. The Hall–Kier alpha value is -1.59. The summed E-state index contributed by atoms with van der Waals surface area (Å²) < 4.78 is 0.741. The Morgan fingerprint density at radius 3 is 2.89 bits per heavy atom. The van der Waals surface area contributed by atoms with Crippen molar-refractivity contribution >= 4 is 34.7 Å². The summed E-state index contributed by atoms with van der Waals surface area (Å²) in [4.78, 5) is 18.0. The predicted molar refractivity (Wildman–Crippen MR) is 72.6 cm³/mol. The van der Waals surface area contributed by atoms with Crippen molar-refractivity contribution in [1.82, 2.24) is 4.98 Å².